The number of nitrogens with one attached hydrogen (secondary N) is 1. The summed E-state index contributed by atoms with van der Waals surface area (Å²) in [6.45, 7) is 7.31. The lowest BCUT2D eigenvalue weighted by Crippen LogP contribution is -1.85. The molecule has 0 aliphatic carbocycles. The molecule has 1 heterocycles. The van der Waals surface area contributed by atoms with E-state index in [0.717, 1.165) is 17.7 Å². The van der Waals surface area contributed by atoms with Gasteiger partial charge < -0.3 is 14.6 Å². The summed E-state index contributed by atoms with van der Waals surface area (Å²) in [5, 5.41) is 1.18. The second-order valence-corrected chi connectivity index (χ2v) is 3.36. The zero-order valence-electron chi connectivity index (χ0n) is 8.58. The summed E-state index contributed by atoms with van der Waals surface area (Å²) in [5.41, 5.74) is 2.26. The Balaban J connectivity index is 2.39. The van der Waals surface area contributed by atoms with E-state index < -0.39 is 0 Å². The van der Waals surface area contributed by atoms with E-state index in [9.17, 15) is 0 Å². The van der Waals surface area contributed by atoms with Gasteiger partial charge >= 0.3 is 0 Å². The van der Waals surface area contributed by atoms with Crippen molar-refractivity contribution in [2.45, 2.75) is 6.42 Å². The van der Waals surface area contributed by atoms with Gasteiger partial charge in [0.15, 0.2) is 0 Å². The smallest absolute Gasteiger partial charge is 0.218 e. The number of rotatable bonds is 3. The van der Waals surface area contributed by atoms with Crippen molar-refractivity contribution in [2.75, 3.05) is 13.7 Å². The molecule has 2 aromatic rings. The lowest BCUT2D eigenvalue weighted by molar-refractivity contribution is 0.415. The molecule has 76 valence electrons. The predicted molar refractivity (Wildman–Crippen MR) is 60.0 cm³/mol. The minimum absolute atomic E-state index is 0.541. The van der Waals surface area contributed by atoms with Gasteiger partial charge in [-0.2, -0.15) is 0 Å². The van der Waals surface area contributed by atoms with Crippen LogP contribution in [0.4, 0.5) is 0 Å². The van der Waals surface area contributed by atoms with Crippen LogP contribution in [0, 0.1) is 6.57 Å². The van der Waals surface area contributed by atoms with E-state index >= 15 is 0 Å². The lowest BCUT2D eigenvalue weighted by atomic mass is 10.1. The quantitative estimate of drug-likeness (QED) is 0.758. The van der Waals surface area contributed by atoms with Crippen molar-refractivity contribution < 1.29 is 4.74 Å². The normalized spacial score (nSPS) is 10.1. The van der Waals surface area contributed by atoms with E-state index in [-0.39, 0.29) is 0 Å². The first-order valence-electron chi connectivity index (χ1n) is 4.82. The van der Waals surface area contributed by atoms with E-state index in [1.165, 1.54) is 10.9 Å². The monoisotopic (exact) mass is 200 g/mol. The van der Waals surface area contributed by atoms with E-state index in [1.54, 1.807) is 7.11 Å². The van der Waals surface area contributed by atoms with Crippen molar-refractivity contribution in [3.63, 3.8) is 0 Å². The molecule has 3 nitrogen and oxygen atoms in total. The molecule has 0 amide bonds. The van der Waals surface area contributed by atoms with Gasteiger partial charge in [0.05, 0.1) is 7.11 Å². The van der Waals surface area contributed by atoms with Crippen LogP contribution in [0.15, 0.2) is 24.4 Å². The molecule has 1 aromatic carbocycles. The summed E-state index contributed by atoms with van der Waals surface area (Å²) >= 11 is 0. The third kappa shape index (κ3) is 1.79. The Kier molecular flexibility index (Phi) is 2.59. The first-order valence-corrected chi connectivity index (χ1v) is 4.82. The van der Waals surface area contributed by atoms with E-state index in [1.807, 2.05) is 24.4 Å². The molecule has 3 heteroatoms. The summed E-state index contributed by atoms with van der Waals surface area (Å²) in [4.78, 5) is 6.55. The fraction of sp³-hybridized carbons (Fsp3) is 0.250. The summed E-state index contributed by atoms with van der Waals surface area (Å²) < 4.78 is 5.14. The molecule has 0 bridgehead atoms. The fourth-order valence-electron chi connectivity index (χ4n) is 1.68. The highest BCUT2D eigenvalue weighted by atomic mass is 16.5. The Labute approximate surface area is 88.5 Å². The molecule has 0 saturated heterocycles. The third-order valence-corrected chi connectivity index (χ3v) is 2.47. The van der Waals surface area contributed by atoms with Crippen molar-refractivity contribution in [3.8, 4) is 5.75 Å². The maximum absolute atomic E-state index is 6.77. The number of hydrogen-bond donors (Lipinski definition) is 1. The van der Waals surface area contributed by atoms with Crippen molar-refractivity contribution in [3.05, 3.63) is 41.4 Å². The molecule has 0 fully saturated rings. The second-order valence-electron chi connectivity index (χ2n) is 3.36. The van der Waals surface area contributed by atoms with Crippen LogP contribution in [-0.4, -0.2) is 18.6 Å². The Morgan fingerprint density at radius 2 is 2.33 bits per heavy atom. The zero-order valence-corrected chi connectivity index (χ0v) is 8.58. The summed E-state index contributed by atoms with van der Waals surface area (Å²) in [6.07, 6.45) is 2.77. The number of aromatic amines is 1. The zero-order chi connectivity index (χ0) is 10.7. The standard InChI is InChI=1S/C12H12N2O/c1-13-6-5-9-8-14-12-7-10(15-2)3-4-11(9)12/h3-4,7-8,14H,5-6H2,2H3. The van der Waals surface area contributed by atoms with Crippen LogP contribution in [0.5, 0.6) is 5.75 Å². The van der Waals surface area contributed by atoms with Gasteiger partial charge in [0.1, 0.15) is 5.75 Å². The topological polar surface area (TPSA) is 29.4 Å². The maximum atomic E-state index is 6.77. The van der Waals surface area contributed by atoms with Crippen LogP contribution in [0.25, 0.3) is 15.7 Å². The number of ether oxygens (including phenoxy) is 1. The molecule has 1 N–H and O–H groups in total. The van der Waals surface area contributed by atoms with E-state index in [0.29, 0.717) is 6.54 Å². The highest BCUT2D eigenvalue weighted by molar-refractivity contribution is 5.84. The highest BCUT2D eigenvalue weighted by Gasteiger charge is 2.05. The summed E-state index contributed by atoms with van der Waals surface area (Å²) in [7, 11) is 1.66. The Morgan fingerprint density at radius 1 is 1.47 bits per heavy atom. The molecule has 0 radical (unpaired) electrons. The minimum Gasteiger partial charge on any atom is -0.497 e. The Hall–Kier alpha value is -1.95. The van der Waals surface area contributed by atoms with Crippen molar-refractivity contribution in [2.24, 2.45) is 0 Å². The summed E-state index contributed by atoms with van der Waals surface area (Å²) in [6, 6.07) is 5.94. The van der Waals surface area contributed by atoms with Crippen LogP contribution >= 0.6 is 0 Å². The number of benzene rings is 1. The Morgan fingerprint density at radius 3 is 3.07 bits per heavy atom. The van der Waals surface area contributed by atoms with Crippen LogP contribution in [0.1, 0.15) is 5.56 Å². The average molecular weight is 200 g/mol. The third-order valence-electron chi connectivity index (χ3n) is 2.47. The first-order chi connectivity index (χ1) is 7.35. The lowest BCUT2D eigenvalue weighted by Gasteiger charge is -1.99. The predicted octanol–water partition coefficient (Wildman–Crippen LogP) is 2.64. The van der Waals surface area contributed by atoms with Crippen molar-refractivity contribution in [1.82, 2.24) is 4.98 Å². The molecule has 2 rings (SSSR count). The second kappa shape index (κ2) is 4.05. The van der Waals surface area contributed by atoms with E-state index in [2.05, 4.69) is 9.83 Å². The molecular weight excluding hydrogens is 188 g/mol. The minimum atomic E-state index is 0.541. The van der Waals surface area contributed by atoms with Gasteiger partial charge in [-0.1, -0.05) is 0 Å². The van der Waals surface area contributed by atoms with E-state index in [4.69, 9.17) is 11.3 Å². The molecule has 0 aliphatic heterocycles. The van der Waals surface area contributed by atoms with Gasteiger partial charge in [-0.05, 0) is 17.7 Å². The van der Waals surface area contributed by atoms with Gasteiger partial charge in [0, 0.05) is 29.6 Å². The number of methoxy groups -OCH3 is 1. The maximum Gasteiger partial charge on any atom is 0.218 e. The summed E-state index contributed by atoms with van der Waals surface area (Å²) in [5.74, 6) is 0.848. The number of aromatic nitrogens is 1. The van der Waals surface area contributed by atoms with Crippen LogP contribution in [0.3, 0.4) is 0 Å². The molecule has 0 aliphatic rings. The molecule has 0 saturated carbocycles. The van der Waals surface area contributed by atoms with Gasteiger partial charge in [0.25, 0.3) is 0 Å². The molecule has 15 heavy (non-hydrogen) atoms. The molecule has 0 unspecified atom stereocenters. The van der Waals surface area contributed by atoms with Crippen LogP contribution in [0.2, 0.25) is 0 Å². The number of fused-ring (bicyclic) bond motifs is 1. The van der Waals surface area contributed by atoms with Gasteiger partial charge in [-0.15, -0.1) is 0 Å². The Bertz CT molecular complexity index is 508. The first kappa shape index (κ1) is 9.60. The molecule has 0 spiro atoms. The average Bonchev–Trinajstić information content (AvgIpc) is 2.68. The van der Waals surface area contributed by atoms with Crippen LogP contribution < -0.4 is 4.74 Å². The van der Waals surface area contributed by atoms with Gasteiger partial charge in [-0.3, -0.25) is 0 Å². The number of H-pyrrole nitrogens is 1. The fourth-order valence-corrected chi connectivity index (χ4v) is 1.68. The molecule has 0 atom stereocenters. The van der Waals surface area contributed by atoms with Crippen LogP contribution in [-0.2, 0) is 6.42 Å². The highest BCUT2D eigenvalue weighted by Crippen LogP contribution is 2.23. The van der Waals surface area contributed by atoms with Gasteiger partial charge in [0.2, 0.25) is 6.54 Å². The largest absolute Gasteiger partial charge is 0.497 e. The van der Waals surface area contributed by atoms with Crippen molar-refractivity contribution >= 4 is 10.9 Å². The SMILES string of the molecule is [C-]#[N+]CCc1c[nH]c2cc(OC)ccc12. The molecular formula is C12H12N2O. The number of hydrogen-bond acceptors (Lipinski definition) is 1. The number of nitrogens with zero attached hydrogens (tertiary/aromatic N) is 1. The van der Waals surface area contributed by atoms with Gasteiger partial charge in [-0.25, -0.2) is 6.57 Å². The molecule has 1 aromatic heterocycles. The van der Waals surface area contributed by atoms with Crippen molar-refractivity contribution in [1.29, 1.82) is 0 Å².